The number of carbonyl (C=O) groups is 2. The van der Waals surface area contributed by atoms with E-state index in [2.05, 4.69) is 52.0 Å². The molecule has 192 valence electrons. The number of imidazole rings is 1. The molecule has 0 unspecified atom stereocenters. The molecule has 0 saturated heterocycles. The van der Waals surface area contributed by atoms with Crippen LogP contribution in [0, 0.1) is 6.92 Å². The standard InChI is InChI=1S/C16H18N4S.2C2HF3O2/c1-12-4-3-7-17-14(12)11-20(2)10-13-5-6-15(21-13)16-18-8-9-19-16;2*3-2(4,5)1(6)7/h3-9H,10-11H2,1-2H3,(H,18,19);2*(H,6,7). The summed E-state index contributed by atoms with van der Waals surface area (Å²) in [6.45, 7) is 3.89. The summed E-state index contributed by atoms with van der Waals surface area (Å²) in [4.78, 5) is 34.5. The number of H-pyrrole nitrogens is 1. The topological polar surface area (TPSA) is 119 Å². The van der Waals surface area contributed by atoms with E-state index in [1.165, 1.54) is 15.3 Å². The van der Waals surface area contributed by atoms with E-state index in [1.54, 1.807) is 17.5 Å². The van der Waals surface area contributed by atoms with Crippen LogP contribution in [0.15, 0.2) is 42.9 Å². The van der Waals surface area contributed by atoms with Gasteiger partial charge in [0.25, 0.3) is 0 Å². The lowest BCUT2D eigenvalue weighted by atomic mass is 10.2. The minimum absolute atomic E-state index is 0.862. The number of pyridine rings is 1. The maximum absolute atomic E-state index is 10.6. The third-order valence-corrected chi connectivity index (χ3v) is 4.92. The molecule has 0 aliphatic heterocycles. The first-order valence-corrected chi connectivity index (χ1v) is 10.2. The maximum atomic E-state index is 10.6. The van der Waals surface area contributed by atoms with Crippen molar-refractivity contribution in [1.29, 1.82) is 0 Å². The van der Waals surface area contributed by atoms with Gasteiger partial charge in [-0.05, 0) is 37.7 Å². The molecular formula is C20H20F6N4O4S. The number of rotatable bonds is 5. The molecule has 0 aliphatic rings. The Morgan fingerprint density at radius 3 is 2.00 bits per heavy atom. The van der Waals surface area contributed by atoms with E-state index in [-0.39, 0.29) is 0 Å². The summed E-state index contributed by atoms with van der Waals surface area (Å²) in [5.41, 5.74) is 2.38. The van der Waals surface area contributed by atoms with Gasteiger partial charge in [0.05, 0.1) is 10.6 Å². The number of alkyl halides is 6. The Bertz CT molecular complexity index is 1060. The number of nitrogens with zero attached hydrogens (tertiary/aromatic N) is 3. The summed E-state index contributed by atoms with van der Waals surface area (Å²) in [6, 6.07) is 8.38. The molecule has 8 nitrogen and oxygen atoms in total. The number of aromatic nitrogens is 3. The Kier molecular flexibility index (Phi) is 10.9. The lowest BCUT2D eigenvalue weighted by Crippen LogP contribution is -2.21. The Labute approximate surface area is 198 Å². The minimum Gasteiger partial charge on any atom is -0.475 e. The molecule has 15 heteroatoms. The number of hydrogen-bond donors (Lipinski definition) is 3. The molecule has 0 aromatic carbocycles. The van der Waals surface area contributed by atoms with Crippen molar-refractivity contribution in [2.45, 2.75) is 32.4 Å². The summed E-state index contributed by atoms with van der Waals surface area (Å²) >= 11 is 1.78. The molecule has 3 aromatic heterocycles. The normalized spacial score (nSPS) is 11.2. The van der Waals surface area contributed by atoms with Crippen molar-refractivity contribution in [3.05, 3.63) is 59.0 Å². The van der Waals surface area contributed by atoms with Crippen LogP contribution in [0.1, 0.15) is 16.1 Å². The second-order valence-corrected chi connectivity index (χ2v) is 7.92. The van der Waals surface area contributed by atoms with Gasteiger partial charge in [-0.3, -0.25) is 9.88 Å². The average Bonchev–Trinajstić information content (AvgIpc) is 3.41. The van der Waals surface area contributed by atoms with Crippen LogP contribution in [0.4, 0.5) is 26.3 Å². The predicted molar refractivity (Wildman–Crippen MR) is 113 cm³/mol. The monoisotopic (exact) mass is 526 g/mol. The molecule has 0 spiro atoms. The van der Waals surface area contributed by atoms with Gasteiger partial charge in [-0.2, -0.15) is 26.3 Å². The van der Waals surface area contributed by atoms with Gasteiger partial charge in [0.1, 0.15) is 5.82 Å². The van der Waals surface area contributed by atoms with Crippen molar-refractivity contribution in [1.82, 2.24) is 19.9 Å². The number of aromatic amines is 1. The van der Waals surface area contributed by atoms with Crippen molar-refractivity contribution in [3.8, 4) is 10.7 Å². The van der Waals surface area contributed by atoms with Crippen molar-refractivity contribution in [2.75, 3.05) is 7.05 Å². The van der Waals surface area contributed by atoms with Crippen LogP contribution < -0.4 is 0 Å². The number of thiophene rings is 1. The molecule has 0 fully saturated rings. The third kappa shape index (κ3) is 11.0. The van der Waals surface area contributed by atoms with Crippen LogP contribution in [0.5, 0.6) is 0 Å². The molecule has 3 aromatic rings. The van der Waals surface area contributed by atoms with Gasteiger partial charge in [-0.15, -0.1) is 11.3 Å². The first kappa shape index (κ1) is 29.6. The molecule has 0 aliphatic carbocycles. The van der Waals surface area contributed by atoms with Crippen molar-refractivity contribution >= 4 is 23.3 Å². The quantitative estimate of drug-likeness (QED) is 0.411. The van der Waals surface area contributed by atoms with Crippen LogP contribution >= 0.6 is 11.3 Å². The van der Waals surface area contributed by atoms with E-state index >= 15 is 0 Å². The Balaban J connectivity index is 0.000000362. The molecule has 35 heavy (non-hydrogen) atoms. The van der Waals surface area contributed by atoms with E-state index in [1.807, 2.05) is 18.5 Å². The second-order valence-electron chi connectivity index (χ2n) is 6.75. The van der Waals surface area contributed by atoms with Crippen LogP contribution in [0.25, 0.3) is 10.7 Å². The van der Waals surface area contributed by atoms with Crippen LogP contribution in [-0.4, -0.2) is 61.4 Å². The number of aryl methyl sites for hydroxylation is 1. The molecular weight excluding hydrogens is 506 g/mol. The predicted octanol–water partition coefficient (Wildman–Crippen LogP) is 4.74. The zero-order valence-corrected chi connectivity index (χ0v) is 19.0. The highest BCUT2D eigenvalue weighted by Crippen LogP contribution is 2.26. The molecule has 0 saturated carbocycles. The Hall–Kier alpha value is -3.46. The van der Waals surface area contributed by atoms with E-state index in [0.717, 1.165) is 24.6 Å². The Morgan fingerprint density at radius 1 is 0.971 bits per heavy atom. The van der Waals surface area contributed by atoms with Gasteiger partial charge in [0.15, 0.2) is 0 Å². The maximum Gasteiger partial charge on any atom is 0.490 e. The smallest absolute Gasteiger partial charge is 0.475 e. The number of halogens is 6. The fourth-order valence-corrected chi connectivity index (χ4v) is 3.30. The fourth-order valence-electron chi connectivity index (χ4n) is 2.25. The molecule has 0 bridgehead atoms. The summed E-state index contributed by atoms with van der Waals surface area (Å²) < 4.78 is 63.5. The fraction of sp³-hybridized carbons (Fsp3) is 0.300. The SMILES string of the molecule is Cc1cccnc1CN(C)Cc1ccc(-c2ncc[nH]2)s1.O=C(O)C(F)(F)F.O=C(O)C(F)(F)F. The minimum atomic E-state index is -5.08. The van der Waals surface area contributed by atoms with Gasteiger partial charge >= 0.3 is 24.3 Å². The zero-order chi connectivity index (χ0) is 26.8. The van der Waals surface area contributed by atoms with Gasteiger partial charge < -0.3 is 15.2 Å². The molecule has 3 heterocycles. The highest BCUT2D eigenvalue weighted by Gasteiger charge is 2.38. The lowest BCUT2D eigenvalue weighted by molar-refractivity contribution is -0.193. The molecule has 3 N–H and O–H groups in total. The number of hydrogen-bond acceptors (Lipinski definition) is 6. The van der Waals surface area contributed by atoms with Crippen LogP contribution in [-0.2, 0) is 22.7 Å². The largest absolute Gasteiger partial charge is 0.490 e. The highest BCUT2D eigenvalue weighted by atomic mass is 32.1. The molecule has 3 rings (SSSR count). The van der Waals surface area contributed by atoms with Crippen LogP contribution in [0.3, 0.4) is 0 Å². The molecule has 0 atom stereocenters. The number of nitrogens with one attached hydrogen (secondary N) is 1. The van der Waals surface area contributed by atoms with Gasteiger partial charge in [-0.1, -0.05) is 6.07 Å². The number of aliphatic carboxylic acids is 2. The van der Waals surface area contributed by atoms with Crippen molar-refractivity contribution < 1.29 is 46.1 Å². The van der Waals surface area contributed by atoms with Gasteiger partial charge in [0, 0.05) is 36.6 Å². The van der Waals surface area contributed by atoms with Crippen molar-refractivity contribution in [2.24, 2.45) is 0 Å². The first-order chi connectivity index (χ1) is 16.1. The summed E-state index contributed by atoms with van der Waals surface area (Å²) in [6.07, 6.45) is -4.67. The van der Waals surface area contributed by atoms with E-state index in [0.29, 0.717) is 0 Å². The summed E-state index contributed by atoms with van der Waals surface area (Å²) in [5, 5.41) is 14.2. The third-order valence-electron chi connectivity index (χ3n) is 3.84. The van der Waals surface area contributed by atoms with Crippen LogP contribution in [0.2, 0.25) is 0 Å². The van der Waals surface area contributed by atoms with Gasteiger partial charge in [-0.25, -0.2) is 14.6 Å². The first-order valence-electron chi connectivity index (χ1n) is 9.39. The molecule has 0 radical (unpaired) electrons. The summed E-state index contributed by atoms with van der Waals surface area (Å²) in [7, 11) is 2.13. The zero-order valence-electron chi connectivity index (χ0n) is 18.2. The van der Waals surface area contributed by atoms with E-state index in [4.69, 9.17) is 19.8 Å². The highest BCUT2D eigenvalue weighted by molar-refractivity contribution is 7.15. The van der Waals surface area contributed by atoms with E-state index in [9.17, 15) is 26.3 Å². The molecule has 0 amide bonds. The van der Waals surface area contributed by atoms with Gasteiger partial charge in [0.2, 0.25) is 0 Å². The Morgan fingerprint density at radius 2 is 1.54 bits per heavy atom. The number of carboxylic acid groups (broad SMARTS) is 2. The van der Waals surface area contributed by atoms with Crippen molar-refractivity contribution in [3.63, 3.8) is 0 Å². The second kappa shape index (κ2) is 12.9. The number of carboxylic acids is 2. The lowest BCUT2D eigenvalue weighted by Gasteiger charge is -2.16. The van der Waals surface area contributed by atoms with E-state index < -0.39 is 24.3 Å². The average molecular weight is 526 g/mol. The summed E-state index contributed by atoms with van der Waals surface area (Å²) in [5.74, 6) is -4.57.